The third-order valence-electron chi connectivity index (χ3n) is 4.63. The lowest BCUT2D eigenvalue weighted by Crippen LogP contribution is -2.12. The highest BCUT2D eigenvalue weighted by molar-refractivity contribution is 6.04. The first-order valence-corrected chi connectivity index (χ1v) is 9.96. The van der Waals surface area contributed by atoms with Crippen molar-refractivity contribution >= 4 is 17.3 Å². The van der Waals surface area contributed by atoms with Crippen LogP contribution >= 0.6 is 0 Å². The molecule has 0 aliphatic rings. The Bertz CT molecular complexity index is 1320. The largest absolute Gasteiger partial charge is 0.463 e. The number of rotatable bonds is 7. The van der Waals surface area contributed by atoms with E-state index in [1.165, 1.54) is 41.1 Å². The number of non-ortho nitro benzene ring substituents is 1. The van der Waals surface area contributed by atoms with Crippen molar-refractivity contribution in [1.29, 1.82) is 0 Å². The number of benzene rings is 3. The molecule has 0 spiro atoms. The van der Waals surface area contributed by atoms with E-state index in [1.54, 1.807) is 43.3 Å². The fourth-order valence-electron chi connectivity index (χ4n) is 3.13. The van der Waals surface area contributed by atoms with E-state index < -0.39 is 16.6 Å². The monoisotopic (exact) mass is 447 g/mol. The number of aromatic nitrogens is 3. The molecule has 0 aliphatic carbocycles. The lowest BCUT2D eigenvalue weighted by molar-refractivity contribution is -0.384. The molecule has 1 heterocycles. The van der Waals surface area contributed by atoms with Crippen LogP contribution < -0.4 is 10.1 Å². The van der Waals surface area contributed by atoms with Crippen molar-refractivity contribution in [2.75, 3.05) is 11.9 Å². The van der Waals surface area contributed by atoms with E-state index in [0.717, 1.165) is 0 Å². The van der Waals surface area contributed by atoms with Crippen molar-refractivity contribution in [3.8, 4) is 23.1 Å². The zero-order valence-corrected chi connectivity index (χ0v) is 17.4. The molecule has 4 aromatic rings. The van der Waals surface area contributed by atoms with Gasteiger partial charge < -0.3 is 10.1 Å². The molecule has 0 fully saturated rings. The molecular formula is C23H18FN5O4. The molecule has 0 radical (unpaired) electrons. The van der Waals surface area contributed by atoms with Crippen molar-refractivity contribution < 1.29 is 18.8 Å². The number of anilines is 1. The van der Waals surface area contributed by atoms with Crippen LogP contribution in [0.25, 0.3) is 17.1 Å². The molecular weight excluding hydrogens is 429 g/mol. The molecule has 0 saturated carbocycles. The number of amides is 1. The number of carbonyl (C=O) groups is 1. The molecule has 0 atom stereocenters. The van der Waals surface area contributed by atoms with E-state index in [-0.39, 0.29) is 17.3 Å². The lowest BCUT2D eigenvalue weighted by atomic mass is 10.2. The Morgan fingerprint density at radius 2 is 1.88 bits per heavy atom. The van der Waals surface area contributed by atoms with Gasteiger partial charge in [0.15, 0.2) is 5.82 Å². The summed E-state index contributed by atoms with van der Waals surface area (Å²) in [6, 6.07) is 18.3. The SMILES string of the molecule is CCOc1nc(-c2cccc(F)c2)n(-c2ccc(NC(=O)c3cccc([N+](=O)[O-])c3)cc2)n1. The Labute approximate surface area is 187 Å². The fraction of sp³-hybridized carbons (Fsp3) is 0.0870. The predicted octanol–water partition coefficient (Wildman–Crippen LogP) is 4.63. The van der Waals surface area contributed by atoms with Crippen LogP contribution in [0.5, 0.6) is 6.01 Å². The highest BCUT2D eigenvalue weighted by Crippen LogP contribution is 2.25. The zero-order valence-electron chi connectivity index (χ0n) is 17.4. The Hall–Kier alpha value is -4.60. The summed E-state index contributed by atoms with van der Waals surface area (Å²) < 4.78 is 20.7. The summed E-state index contributed by atoms with van der Waals surface area (Å²) in [6.07, 6.45) is 0. The normalized spacial score (nSPS) is 10.6. The number of hydrogen-bond donors (Lipinski definition) is 1. The van der Waals surface area contributed by atoms with Gasteiger partial charge >= 0.3 is 6.01 Å². The van der Waals surface area contributed by atoms with Crippen molar-refractivity contribution in [3.05, 3.63) is 94.3 Å². The van der Waals surface area contributed by atoms with Crippen LogP contribution in [0, 0.1) is 15.9 Å². The van der Waals surface area contributed by atoms with E-state index in [2.05, 4.69) is 15.4 Å². The number of hydrogen-bond acceptors (Lipinski definition) is 6. The molecule has 1 aromatic heterocycles. The molecule has 1 amide bonds. The van der Waals surface area contributed by atoms with Gasteiger partial charge in [0.2, 0.25) is 0 Å². The summed E-state index contributed by atoms with van der Waals surface area (Å²) in [7, 11) is 0. The average molecular weight is 447 g/mol. The molecule has 4 rings (SSSR count). The second-order valence-electron chi connectivity index (χ2n) is 6.88. The average Bonchev–Trinajstić information content (AvgIpc) is 3.24. The lowest BCUT2D eigenvalue weighted by Gasteiger charge is -2.09. The highest BCUT2D eigenvalue weighted by Gasteiger charge is 2.16. The number of ether oxygens (including phenoxy) is 1. The van der Waals surface area contributed by atoms with E-state index in [0.29, 0.717) is 29.4 Å². The molecule has 0 unspecified atom stereocenters. The van der Waals surface area contributed by atoms with Gasteiger partial charge in [-0.05, 0) is 49.4 Å². The quantitative estimate of drug-likeness (QED) is 0.326. The fourth-order valence-corrected chi connectivity index (χ4v) is 3.13. The maximum atomic E-state index is 13.8. The van der Waals surface area contributed by atoms with E-state index in [1.807, 2.05) is 0 Å². The maximum absolute atomic E-state index is 13.8. The molecule has 166 valence electrons. The standard InChI is InChI=1S/C23H18FN5O4/c1-2-33-23-26-21(15-5-3-7-17(24)13-15)28(27-23)19-11-9-18(10-12-19)25-22(30)16-6-4-8-20(14-16)29(31)32/h3-14H,2H2,1H3,(H,25,30). The second-order valence-corrected chi connectivity index (χ2v) is 6.88. The van der Waals surface area contributed by atoms with Crippen LogP contribution in [-0.4, -0.2) is 32.2 Å². The Balaban J connectivity index is 1.60. The van der Waals surface area contributed by atoms with Crippen LogP contribution in [0.1, 0.15) is 17.3 Å². The topological polar surface area (TPSA) is 112 Å². The molecule has 3 aromatic carbocycles. The zero-order chi connectivity index (χ0) is 23.4. The van der Waals surface area contributed by atoms with Gasteiger partial charge in [0.25, 0.3) is 11.6 Å². The Morgan fingerprint density at radius 1 is 1.12 bits per heavy atom. The summed E-state index contributed by atoms with van der Waals surface area (Å²) in [4.78, 5) is 27.2. The Morgan fingerprint density at radius 3 is 2.58 bits per heavy atom. The van der Waals surface area contributed by atoms with Gasteiger partial charge in [0.05, 0.1) is 17.2 Å². The second kappa shape index (κ2) is 9.27. The predicted molar refractivity (Wildman–Crippen MR) is 119 cm³/mol. The van der Waals surface area contributed by atoms with Gasteiger partial charge in [-0.3, -0.25) is 14.9 Å². The minimum absolute atomic E-state index is 0.153. The number of nitro groups is 1. The van der Waals surface area contributed by atoms with Crippen molar-refractivity contribution in [2.24, 2.45) is 0 Å². The first-order chi connectivity index (χ1) is 15.9. The first-order valence-electron chi connectivity index (χ1n) is 9.96. The van der Waals surface area contributed by atoms with Crippen molar-refractivity contribution in [3.63, 3.8) is 0 Å². The van der Waals surface area contributed by atoms with Crippen LogP contribution in [0.4, 0.5) is 15.8 Å². The molecule has 0 aliphatic heterocycles. The smallest absolute Gasteiger partial charge is 0.336 e. The van der Waals surface area contributed by atoms with Gasteiger partial charge in [-0.1, -0.05) is 18.2 Å². The highest BCUT2D eigenvalue weighted by atomic mass is 19.1. The molecule has 1 N–H and O–H groups in total. The van der Waals surface area contributed by atoms with Crippen LogP contribution in [0.3, 0.4) is 0 Å². The van der Waals surface area contributed by atoms with E-state index >= 15 is 0 Å². The summed E-state index contributed by atoms with van der Waals surface area (Å²) in [5.41, 5.74) is 1.61. The number of nitrogens with one attached hydrogen (secondary N) is 1. The summed E-state index contributed by atoms with van der Waals surface area (Å²) in [5, 5.41) is 18.0. The number of halogens is 1. The summed E-state index contributed by atoms with van der Waals surface area (Å²) >= 11 is 0. The van der Waals surface area contributed by atoms with Crippen molar-refractivity contribution in [1.82, 2.24) is 14.8 Å². The minimum Gasteiger partial charge on any atom is -0.463 e. The number of nitrogens with zero attached hydrogens (tertiary/aromatic N) is 4. The van der Waals surface area contributed by atoms with Gasteiger partial charge in [-0.25, -0.2) is 9.07 Å². The van der Waals surface area contributed by atoms with Gasteiger partial charge in [0, 0.05) is 28.9 Å². The summed E-state index contributed by atoms with van der Waals surface area (Å²) in [6.45, 7) is 2.18. The molecule has 9 nitrogen and oxygen atoms in total. The maximum Gasteiger partial charge on any atom is 0.336 e. The number of nitro benzene ring substituents is 1. The van der Waals surface area contributed by atoms with Gasteiger partial charge in [0.1, 0.15) is 5.82 Å². The summed E-state index contributed by atoms with van der Waals surface area (Å²) in [5.74, 6) is -0.489. The third-order valence-corrected chi connectivity index (χ3v) is 4.63. The van der Waals surface area contributed by atoms with Crippen LogP contribution in [0.2, 0.25) is 0 Å². The van der Waals surface area contributed by atoms with E-state index in [4.69, 9.17) is 4.74 Å². The molecule has 10 heteroatoms. The van der Waals surface area contributed by atoms with Crippen molar-refractivity contribution in [2.45, 2.75) is 6.92 Å². The number of carbonyl (C=O) groups excluding carboxylic acids is 1. The Kier molecular flexibility index (Phi) is 6.07. The molecule has 0 bridgehead atoms. The minimum atomic E-state index is -0.559. The van der Waals surface area contributed by atoms with Gasteiger partial charge in [-0.15, -0.1) is 5.10 Å². The third kappa shape index (κ3) is 4.85. The molecule has 0 saturated heterocycles. The van der Waals surface area contributed by atoms with E-state index in [9.17, 15) is 19.3 Å². The van der Waals surface area contributed by atoms with Crippen LogP contribution in [-0.2, 0) is 0 Å². The van der Waals surface area contributed by atoms with Gasteiger partial charge in [-0.2, -0.15) is 4.98 Å². The molecule has 33 heavy (non-hydrogen) atoms. The first kappa shape index (κ1) is 21.6. The van der Waals surface area contributed by atoms with Crippen LogP contribution in [0.15, 0.2) is 72.8 Å².